The Morgan fingerprint density at radius 2 is 2.11 bits per heavy atom. The minimum atomic E-state index is -0.323. The molecule has 0 radical (unpaired) electrons. The van der Waals surface area contributed by atoms with Crippen molar-refractivity contribution in [3.63, 3.8) is 0 Å². The Balaban J connectivity index is 2.47. The van der Waals surface area contributed by atoms with Gasteiger partial charge in [-0.2, -0.15) is 5.26 Å². The number of nitrogens with zero attached hydrogens (tertiary/aromatic N) is 1. The highest BCUT2D eigenvalue weighted by atomic mass is 16.5. The second-order valence-electron chi connectivity index (χ2n) is 5.78. The van der Waals surface area contributed by atoms with E-state index in [4.69, 9.17) is 10.00 Å². The zero-order chi connectivity index (χ0) is 14.3. The van der Waals surface area contributed by atoms with E-state index in [1.807, 2.05) is 26.0 Å². The number of hydrogen-bond acceptors (Lipinski definition) is 3. The second-order valence-corrected chi connectivity index (χ2v) is 5.78. The van der Waals surface area contributed by atoms with Crippen molar-refractivity contribution in [2.75, 3.05) is 6.61 Å². The Labute approximate surface area is 116 Å². The van der Waals surface area contributed by atoms with Crippen molar-refractivity contribution in [3.8, 4) is 11.8 Å². The van der Waals surface area contributed by atoms with Crippen molar-refractivity contribution in [3.05, 3.63) is 29.8 Å². The SMILES string of the molecule is CC(C)NCc1cccc(OCCC(C)(C)C#N)c1. The lowest BCUT2D eigenvalue weighted by atomic mass is 9.92. The first kappa shape index (κ1) is 15.5. The van der Waals surface area contributed by atoms with Crippen LogP contribution in [-0.4, -0.2) is 12.6 Å². The van der Waals surface area contributed by atoms with Gasteiger partial charge in [0.15, 0.2) is 0 Å². The Morgan fingerprint density at radius 3 is 2.74 bits per heavy atom. The van der Waals surface area contributed by atoms with E-state index in [2.05, 4.69) is 37.4 Å². The Bertz CT molecular complexity index is 433. The zero-order valence-electron chi connectivity index (χ0n) is 12.4. The van der Waals surface area contributed by atoms with E-state index in [0.717, 1.165) is 18.7 Å². The molecule has 104 valence electrons. The minimum Gasteiger partial charge on any atom is -0.494 e. The van der Waals surface area contributed by atoms with Gasteiger partial charge in [0.1, 0.15) is 5.75 Å². The smallest absolute Gasteiger partial charge is 0.119 e. The fraction of sp³-hybridized carbons (Fsp3) is 0.562. The number of ether oxygens (including phenoxy) is 1. The largest absolute Gasteiger partial charge is 0.494 e. The van der Waals surface area contributed by atoms with E-state index in [-0.39, 0.29) is 5.41 Å². The van der Waals surface area contributed by atoms with Gasteiger partial charge in [-0.05, 0) is 38.0 Å². The van der Waals surface area contributed by atoms with Crippen molar-refractivity contribution < 1.29 is 4.74 Å². The molecule has 3 nitrogen and oxygen atoms in total. The molecule has 0 bridgehead atoms. The highest BCUT2D eigenvalue weighted by Crippen LogP contribution is 2.20. The van der Waals surface area contributed by atoms with Crippen molar-refractivity contribution in [2.45, 2.75) is 46.7 Å². The highest BCUT2D eigenvalue weighted by molar-refractivity contribution is 5.28. The molecular formula is C16H24N2O. The molecule has 0 aromatic heterocycles. The van der Waals surface area contributed by atoms with Crippen LogP contribution in [0.15, 0.2) is 24.3 Å². The number of nitriles is 1. The van der Waals surface area contributed by atoms with E-state index < -0.39 is 0 Å². The Hall–Kier alpha value is -1.53. The number of nitrogens with one attached hydrogen (secondary N) is 1. The van der Waals surface area contributed by atoms with Gasteiger partial charge in [0.25, 0.3) is 0 Å². The summed E-state index contributed by atoms with van der Waals surface area (Å²) >= 11 is 0. The van der Waals surface area contributed by atoms with Crippen LogP contribution in [0.4, 0.5) is 0 Å². The number of rotatable bonds is 7. The van der Waals surface area contributed by atoms with Gasteiger partial charge in [-0.1, -0.05) is 26.0 Å². The standard InChI is InChI=1S/C16H24N2O/c1-13(2)18-11-14-6-5-7-15(10-14)19-9-8-16(3,4)12-17/h5-7,10,13,18H,8-9,11H2,1-4H3. The molecular weight excluding hydrogens is 236 g/mol. The summed E-state index contributed by atoms with van der Waals surface area (Å²) in [7, 11) is 0. The normalized spacial score (nSPS) is 11.4. The molecule has 0 aliphatic heterocycles. The van der Waals surface area contributed by atoms with E-state index in [1.165, 1.54) is 5.56 Å². The first-order chi connectivity index (χ1) is 8.93. The molecule has 0 saturated heterocycles. The molecule has 0 unspecified atom stereocenters. The molecule has 19 heavy (non-hydrogen) atoms. The van der Waals surface area contributed by atoms with Gasteiger partial charge in [-0.3, -0.25) is 0 Å². The Kier molecular flexibility index (Phi) is 5.85. The third kappa shape index (κ3) is 6.26. The van der Waals surface area contributed by atoms with E-state index in [9.17, 15) is 0 Å². The van der Waals surface area contributed by atoms with Gasteiger partial charge in [0.05, 0.1) is 18.1 Å². The zero-order valence-corrected chi connectivity index (χ0v) is 12.4. The van der Waals surface area contributed by atoms with Crippen LogP contribution in [0.2, 0.25) is 0 Å². The van der Waals surface area contributed by atoms with Crippen LogP contribution < -0.4 is 10.1 Å². The fourth-order valence-electron chi connectivity index (χ4n) is 1.55. The van der Waals surface area contributed by atoms with E-state index in [0.29, 0.717) is 12.6 Å². The molecule has 3 heteroatoms. The fourth-order valence-corrected chi connectivity index (χ4v) is 1.55. The number of benzene rings is 1. The maximum Gasteiger partial charge on any atom is 0.119 e. The Morgan fingerprint density at radius 1 is 1.37 bits per heavy atom. The van der Waals surface area contributed by atoms with Crippen LogP contribution in [0, 0.1) is 16.7 Å². The molecule has 0 heterocycles. The molecule has 0 spiro atoms. The van der Waals surface area contributed by atoms with Crippen molar-refractivity contribution in [1.82, 2.24) is 5.32 Å². The predicted octanol–water partition coefficient (Wildman–Crippen LogP) is 3.50. The van der Waals surface area contributed by atoms with Crippen LogP contribution in [0.1, 0.15) is 39.7 Å². The summed E-state index contributed by atoms with van der Waals surface area (Å²) < 4.78 is 5.71. The van der Waals surface area contributed by atoms with Crippen molar-refractivity contribution >= 4 is 0 Å². The van der Waals surface area contributed by atoms with Crippen LogP contribution >= 0.6 is 0 Å². The van der Waals surface area contributed by atoms with Gasteiger partial charge < -0.3 is 10.1 Å². The summed E-state index contributed by atoms with van der Waals surface area (Å²) in [6.07, 6.45) is 0.734. The second kappa shape index (κ2) is 7.16. The summed E-state index contributed by atoms with van der Waals surface area (Å²) in [6, 6.07) is 10.8. The predicted molar refractivity (Wildman–Crippen MR) is 77.9 cm³/mol. The van der Waals surface area contributed by atoms with Gasteiger partial charge in [-0.25, -0.2) is 0 Å². The van der Waals surface area contributed by atoms with Gasteiger partial charge >= 0.3 is 0 Å². The molecule has 1 aromatic carbocycles. The lowest BCUT2D eigenvalue weighted by molar-refractivity contribution is 0.264. The molecule has 0 atom stereocenters. The van der Waals surface area contributed by atoms with Gasteiger partial charge in [-0.15, -0.1) is 0 Å². The molecule has 1 aromatic rings. The molecule has 0 fully saturated rings. The highest BCUT2D eigenvalue weighted by Gasteiger charge is 2.16. The monoisotopic (exact) mass is 260 g/mol. The average molecular weight is 260 g/mol. The van der Waals surface area contributed by atoms with Crippen LogP contribution in [0.25, 0.3) is 0 Å². The quantitative estimate of drug-likeness (QED) is 0.816. The van der Waals surface area contributed by atoms with Gasteiger partial charge in [0, 0.05) is 12.6 Å². The molecule has 1 N–H and O–H groups in total. The van der Waals surface area contributed by atoms with Crippen molar-refractivity contribution in [2.24, 2.45) is 5.41 Å². The summed E-state index contributed by atoms with van der Waals surface area (Å²) in [4.78, 5) is 0. The third-order valence-corrected chi connectivity index (χ3v) is 2.91. The summed E-state index contributed by atoms with van der Waals surface area (Å²) in [5.41, 5.74) is 0.891. The van der Waals surface area contributed by atoms with Crippen molar-refractivity contribution in [1.29, 1.82) is 5.26 Å². The summed E-state index contributed by atoms with van der Waals surface area (Å²) in [5, 5.41) is 12.3. The summed E-state index contributed by atoms with van der Waals surface area (Å²) in [6.45, 7) is 9.54. The lowest BCUT2D eigenvalue weighted by Gasteiger charge is -2.15. The van der Waals surface area contributed by atoms with E-state index in [1.54, 1.807) is 0 Å². The van der Waals surface area contributed by atoms with Crippen LogP contribution in [0.5, 0.6) is 5.75 Å². The van der Waals surface area contributed by atoms with Crippen LogP contribution in [-0.2, 0) is 6.54 Å². The first-order valence-corrected chi connectivity index (χ1v) is 6.79. The third-order valence-electron chi connectivity index (χ3n) is 2.91. The summed E-state index contributed by atoms with van der Waals surface area (Å²) in [5.74, 6) is 0.872. The molecule has 1 rings (SSSR count). The average Bonchev–Trinajstić information content (AvgIpc) is 2.37. The molecule has 0 aliphatic carbocycles. The molecule has 0 saturated carbocycles. The molecule has 0 aliphatic rings. The topological polar surface area (TPSA) is 45.0 Å². The maximum absolute atomic E-state index is 8.94. The molecule has 0 amide bonds. The number of hydrogen-bond donors (Lipinski definition) is 1. The van der Waals surface area contributed by atoms with Crippen LogP contribution in [0.3, 0.4) is 0 Å². The van der Waals surface area contributed by atoms with E-state index >= 15 is 0 Å². The minimum absolute atomic E-state index is 0.323. The van der Waals surface area contributed by atoms with Gasteiger partial charge in [0.2, 0.25) is 0 Å². The lowest BCUT2D eigenvalue weighted by Crippen LogP contribution is -2.21. The maximum atomic E-state index is 8.94. The first-order valence-electron chi connectivity index (χ1n) is 6.79.